The van der Waals surface area contributed by atoms with E-state index in [0.29, 0.717) is 13.0 Å². The van der Waals surface area contributed by atoms with Crippen molar-refractivity contribution >= 4 is 6.29 Å². The van der Waals surface area contributed by atoms with E-state index < -0.39 is 6.04 Å². The van der Waals surface area contributed by atoms with Gasteiger partial charge in [-0.3, -0.25) is 0 Å². The summed E-state index contributed by atoms with van der Waals surface area (Å²) in [5.74, 6) is 0.843. The zero-order chi connectivity index (χ0) is 10.4. The Kier molecular flexibility index (Phi) is 4.13. The number of benzene rings is 1. The van der Waals surface area contributed by atoms with Crippen LogP contribution < -0.4 is 10.5 Å². The first-order valence-corrected chi connectivity index (χ1v) is 4.69. The molecule has 0 saturated carbocycles. The van der Waals surface area contributed by atoms with Gasteiger partial charge in [-0.15, -0.1) is 0 Å². The number of ether oxygens (including phenoxy) is 1. The Morgan fingerprint density at radius 3 is 2.57 bits per heavy atom. The normalized spacial score (nSPS) is 12.1. The predicted molar refractivity (Wildman–Crippen MR) is 55.4 cm³/mol. The van der Waals surface area contributed by atoms with Gasteiger partial charge in [-0.2, -0.15) is 0 Å². The minimum atomic E-state index is -0.409. The second kappa shape index (κ2) is 5.40. The first-order valence-electron chi connectivity index (χ1n) is 4.69. The van der Waals surface area contributed by atoms with Crippen molar-refractivity contribution in [1.29, 1.82) is 0 Å². The quantitative estimate of drug-likeness (QED) is 0.714. The van der Waals surface area contributed by atoms with E-state index in [9.17, 15) is 4.79 Å². The molecule has 1 aromatic rings. The average Bonchev–Trinajstić information content (AvgIpc) is 2.21. The fourth-order valence-electron chi connectivity index (χ4n) is 1.21. The number of aldehydes is 1. The molecule has 0 aliphatic heterocycles. The van der Waals surface area contributed by atoms with Crippen LogP contribution in [-0.2, 0) is 11.2 Å². The summed E-state index contributed by atoms with van der Waals surface area (Å²) in [5, 5.41) is 0. The van der Waals surface area contributed by atoms with Crippen LogP contribution >= 0.6 is 0 Å². The molecule has 1 unspecified atom stereocenters. The largest absolute Gasteiger partial charge is 0.494 e. The van der Waals surface area contributed by atoms with Gasteiger partial charge in [0.1, 0.15) is 12.0 Å². The Morgan fingerprint density at radius 2 is 2.07 bits per heavy atom. The Balaban J connectivity index is 2.59. The summed E-state index contributed by atoms with van der Waals surface area (Å²) in [5.41, 5.74) is 6.55. The van der Waals surface area contributed by atoms with Gasteiger partial charge in [0, 0.05) is 0 Å². The zero-order valence-electron chi connectivity index (χ0n) is 8.27. The van der Waals surface area contributed by atoms with E-state index in [2.05, 4.69) is 0 Å². The first kappa shape index (κ1) is 10.7. The van der Waals surface area contributed by atoms with E-state index >= 15 is 0 Å². The molecule has 1 aromatic carbocycles. The molecule has 2 N–H and O–H groups in total. The molecule has 0 spiro atoms. The lowest BCUT2D eigenvalue weighted by molar-refractivity contribution is -0.108. The van der Waals surface area contributed by atoms with Gasteiger partial charge in [-0.05, 0) is 31.0 Å². The van der Waals surface area contributed by atoms with E-state index in [-0.39, 0.29) is 0 Å². The third-order valence-corrected chi connectivity index (χ3v) is 1.88. The summed E-state index contributed by atoms with van der Waals surface area (Å²) in [4.78, 5) is 10.3. The molecule has 3 heteroatoms. The van der Waals surface area contributed by atoms with Crippen molar-refractivity contribution in [2.75, 3.05) is 6.61 Å². The maximum absolute atomic E-state index is 10.3. The van der Waals surface area contributed by atoms with E-state index in [4.69, 9.17) is 10.5 Å². The van der Waals surface area contributed by atoms with Crippen molar-refractivity contribution in [2.24, 2.45) is 5.73 Å². The Morgan fingerprint density at radius 1 is 1.43 bits per heavy atom. The summed E-state index contributed by atoms with van der Waals surface area (Å²) in [6.07, 6.45) is 1.34. The summed E-state index contributed by atoms with van der Waals surface area (Å²) >= 11 is 0. The Labute approximate surface area is 83.9 Å². The molecular weight excluding hydrogens is 178 g/mol. The number of rotatable bonds is 5. The number of nitrogens with two attached hydrogens (primary N) is 1. The molecule has 0 radical (unpaired) electrons. The van der Waals surface area contributed by atoms with E-state index in [1.165, 1.54) is 0 Å². The standard InChI is InChI=1S/C11H15NO2/c1-2-14-11-5-3-9(4-6-11)7-10(12)8-13/h3-6,8,10H,2,7,12H2,1H3. The van der Waals surface area contributed by atoms with Gasteiger partial charge in [0.05, 0.1) is 12.6 Å². The molecule has 1 atom stereocenters. The topological polar surface area (TPSA) is 52.3 Å². The van der Waals surface area contributed by atoms with Crippen molar-refractivity contribution < 1.29 is 9.53 Å². The molecule has 0 aliphatic rings. The highest BCUT2D eigenvalue weighted by Crippen LogP contribution is 2.12. The lowest BCUT2D eigenvalue weighted by Gasteiger charge is -2.06. The van der Waals surface area contributed by atoms with Gasteiger partial charge in [-0.25, -0.2) is 0 Å². The van der Waals surface area contributed by atoms with Gasteiger partial charge < -0.3 is 15.3 Å². The fourth-order valence-corrected chi connectivity index (χ4v) is 1.21. The lowest BCUT2D eigenvalue weighted by Crippen LogP contribution is -2.23. The SMILES string of the molecule is CCOc1ccc(CC(N)C=O)cc1. The number of carbonyl (C=O) groups excluding carboxylic acids is 1. The molecule has 0 fully saturated rings. The third kappa shape index (κ3) is 3.18. The molecule has 14 heavy (non-hydrogen) atoms. The third-order valence-electron chi connectivity index (χ3n) is 1.88. The smallest absolute Gasteiger partial charge is 0.137 e. The van der Waals surface area contributed by atoms with E-state index in [1.54, 1.807) is 0 Å². The maximum Gasteiger partial charge on any atom is 0.137 e. The van der Waals surface area contributed by atoms with Crippen molar-refractivity contribution in [2.45, 2.75) is 19.4 Å². The summed E-state index contributed by atoms with van der Waals surface area (Å²) < 4.78 is 5.29. The van der Waals surface area contributed by atoms with E-state index in [1.807, 2.05) is 31.2 Å². The zero-order valence-corrected chi connectivity index (χ0v) is 8.27. The van der Waals surface area contributed by atoms with Crippen molar-refractivity contribution in [3.05, 3.63) is 29.8 Å². The van der Waals surface area contributed by atoms with Crippen LogP contribution in [0.2, 0.25) is 0 Å². The highest BCUT2D eigenvalue weighted by Gasteiger charge is 2.01. The van der Waals surface area contributed by atoms with Crippen LogP contribution in [0.3, 0.4) is 0 Å². The van der Waals surface area contributed by atoms with Crippen molar-refractivity contribution in [3.8, 4) is 5.75 Å². The molecule has 1 rings (SSSR count). The number of hydrogen-bond acceptors (Lipinski definition) is 3. The predicted octanol–water partition coefficient (Wildman–Crippen LogP) is 1.15. The van der Waals surface area contributed by atoms with Crippen LogP contribution in [0.4, 0.5) is 0 Å². The second-order valence-electron chi connectivity index (χ2n) is 3.08. The minimum Gasteiger partial charge on any atom is -0.494 e. The van der Waals surface area contributed by atoms with Crippen LogP contribution in [0.5, 0.6) is 5.75 Å². The van der Waals surface area contributed by atoms with Crippen LogP contribution in [0.1, 0.15) is 12.5 Å². The summed E-state index contributed by atoms with van der Waals surface area (Å²) in [7, 11) is 0. The monoisotopic (exact) mass is 193 g/mol. The first-order chi connectivity index (χ1) is 6.76. The van der Waals surface area contributed by atoms with Gasteiger partial charge >= 0.3 is 0 Å². The molecular formula is C11H15NO2. The second-order valence-corrected chi connectivity index (χ2v) is 3.08. The lowest BCUT2D eigenvalue weighted by atomic mass is 10.1. The van der Waals surface area contributed by atoms with Crippen LogP contribution in [0.25, 0.3) is 0 Å². The van der Waals surface area contributed by atoms with Gasteiger partial charge in [-0.1, -0.05) is 12.1 Å². The van der Waals surface area contributed by atoms with Crippen LogP contribution in [0, 0.1) is 0 Å². The molecule has 3 nitrogen and oxygen atoms in total. The van der Waals surface area contributed by atoms with Crippen LogP contribution in [0.15, 0.2) is 24.3 Å². The molecule has 0 aliphatic carbocycles. The Hall–Kier alpha value is -1.35. The maximum atomic E-state index is 10.3. The van der Waals surface area contributed by atoms with E-state index in [0.717, 1.165) is 17.6 Å². The average molecular weight is 193 g/mol. The summed E-state index contributed by atoms with van der Waals surface area (Å²) in [6, 6.07) is 7.21. The van der Waals surface area contributed by atoms with Gasteiger partial charge in [0.2, 0.25) is 0 Å². The molecule has 76 valence electrons. The van der Waals surface area contributed by atoms with Crippen molar-refractivity contribution in [1.82, 2.24) is 0 Å². The molecule has 0 bridgehead atoms. The number of hydrogen-bond donors (Lipinski definition) is 1. The molecule has 0 saturated heterocycles. The molecule has 0 amide bonds. The number of carbonyl (C=O) groups is 1. The highest BCUT2D eigenvalue weighted by atomic mass is 16.5. The minimum absolute atomic E-state index is 0.409. The van der Waals surface area contributed by atoms with Gasteiger partial charge in [0.15, 0.2) is 0 Å². The van der Waals surface area contributed by atoms with Gasteiger partial charge in [0.25, 0.3) is 0 Å². The fraction of sp³-hybridized carbons (Fsp3) is 0.364. The summed E-state index contributed by atoms with van der Waals surface area (Å²) in [6.45, 7) is 2.60. The van der Waals surface area contributed by atoms with Crippen molar-refractivity contribution in [3.63, 3.8) is 0 Å². The van der Waals surface area contributed by atoms with Crippen LogP contribution in [-0.4, -0.2) is 18.9 Å². The molecule has 0 heterocycles. The Bertz CT molecular complexity index is 282. The molecule has 0 aromatic heterocycles. The highest BCUT2D eigenvalue weighted by molar-refractivity contribution is 5.57.